The second-order valence-electron chi connectivity index (χ2n) is 9.03. The lowest BCUT2D eigenvalue weighted by atomic mass is 9.88. The summed E-state index contributed by atoms with van der Waals surface area (Å²) in [6, 6.07) is 26.2. The molecule has 0 radical (unpaired) electrons. The predicted molar refractivity (Wildman–Crippen MR) is 135 cm³/mol. The van der Waals surface area contributed by atoms with Crippen molar-refractivity contribution < 1.29 is 4.79 Å². The number of nitrogens with one attached hydrogen (secondary N) is 2. The van der Waals surface area contributed by atoms with Crippen LogP contribution in [0.25, 0.3) is 22.0 Å². The van der Waals surface area contributed by atoms with Crippen molar-refractivity contribution in [1.82, 2.24) is 15.2 Å². The topological polar surface area (TPSA) is 46.1 Å². The van der Waals surface area contributed by atoms with Gasteiger partial charge in [0.05, 0.1) is 0 Å². The number of benzene rings is 3. The number of hydrogen-bond acceptors (Lipinski definition) is 2. The van der Waals surface area contributed by atoms with Gasteiger partial charge in [-0.05, 0) is 66.0 Å². The van der Waals surface area contributed by atoms with Crippen LogP contribution < -0.4 is 10.6 Å². The summed E-state index contributed by atoms with van der Waals surface area (Å²) in [6.45, 7) is 3.83. The molecule has 2 N–H and O–H groups in total. The van der Waals surface area contributed by atoms with E-state index in [1.807, 2.05) is 10.8 Å². The second kappa shape index (κ2) is 9.63. The second-order valence-corrected chi connectivity index (χ2v) is 9.03. The number of rotatable bonds is 7. The molecule has 1 atom stereocenters. The van der Waals surface area contributed by atoms with E-state index in [0.29, 0.717) is 19.1 Å². The molecule has 1 aliphatic carbocycles. The van der Waals surface area contributed by atoms with Crippen LogP contribution in [0.5, 0.6) is 0 Å². The van der Waals surface area contributed by atoms with Crippen molar-refractivity contribution in [2.24, 2.45) is 0 Å². The Kier molecular flexibility index (Phi) is 6.27. The van der Waals surface area contributed by atoms with Crippen molar-refractivity contribution >= 4 is 16.8 Å². The van der Waals surface area contributed by atoms with Crippen LogP contribution in [0.4, 0.5) is 0 Å². The average molecular weight is 438 g/mol. The molecule has 0 saturated heterocycles. The molecule has 1 aromatic heterocycles. The van der Waals surface area contributed by atoms with Gasteiger partial charge in [-0.15, -0.1) is 0 Å². The van der Waals surface area contributed by atoms with Crippen LogP contribution in [0.15, 0.2) is 79.0 Å². The van der Waals surface area contributed by atoms with Gasteiger partial charge in [-0.2, -0.15) is 0 Å². The Hall–Kier alpha value is -3.37. The normalized spacial score (nSPS) is 15.4. The number of aromatic nitrogens is 1. The summed E-state index contributed by atoms with van der Waals surface area (Å²) in [5.74, 6) is 0.0408. The fraction of sp³-hybridized carbons (Fsp3) is 0.276. The quantitative estimate of drug-likeness (QED) is 0.380. The van der Waals surface area contributed by atoms with Crippen molar-refractivity contribution in [3.8, 4) is 11.1 Å². The summed E-state index contributed by atoms with van der Waals surface area (Å²) < 4.78 is 2.03. The first-order valence-electron chi connectivity index (χ1n) is 11.9. The van der Waals surface area contributed by atoms with Gasteiger partial charge in [0.2, 0.25) is 5.91 Å². The maximum atomic E-state index is 12.6. The number of carbonyl (C=O) groups excluding carboxylic acids is 1. The van der Waals surface area contributed by atoms with Gasteiger partial charge in [0.15, 0.2) is 0 Å². The SMILES string of the molecule is Cc1ccc(-c2ccc3ccn(CC(=O)NCCNC4CCCc5ccccc54)c3c2)cc1. The van der Waals surface area contributed by atoms with E-state index in [9.17, 15) is 4.79 Å². The van der Waals surface area contributed by atoms with E-state index in [2.05, 4.69) is 90.4 Å². The number of carbonyl (C=O) groups is 1. The Morgan fingerprint density at radius 1 is 0.970 bits per heavy atom. The average Bonchev–Trinajstić information content (AvgIpc) is 3.24. The van der Waals surface area contributed by atoms with E-state index in [-0.39, 0.29) is 5.91 Å². The van der Waals surface area contributed by atoms with Crippen LogP contribution in [-0.2, 0) is 17.8 Å². The van der Waals surface area contributed by atoms with Gasteiger partial charge in [0, 0.05) is 30.8 Å². The maximum Gasteiger partial charge on any atom is 0.239 e. The Balaban J connectivity index is 1.18. The number of nitrogens with zero attached hydrogens (tertiary/aromatic N) is 1. The highest BCUT2D eigenvalue weighted by molar-refractivity contribution is 5.87. The minimum Gasteiger partial charge on any atom is -0.353 e. The Morgan fingerprint density at radius 2 is 1.79 bits per heavy atom. The van der Waals surface area contributed by atoms with Gasteiger partial charge >= 0.3 is 0 Å². The van der Waals surface area contributed by atoms with Gasteiger partial charge in [0.25, 0.3) is 0 Å². The molecule has 0 bridgehead atoms. The zero-order valence-corrected chi connectivity index (χ0v) is 19.2. The first-order valence-corrected chi connectivity index (χ1v) is 11.9. The lowest BCUT2D eigenvalue weighted by Gasteiger charge is -2.26. The third-order valence-corrected chi connectivity index (χ3v) is 6.68. The molecule has 4 heteroatoms. The van der Waals surface area contributed by atoms with Crippen molar-refractivity contribution in [3.05, 3.63) is 95.7 Å². The zero-order valence-electron chi connectivity index (χ0n) is 19.2. The van der Waals surface area contributed by atoms with Gasteiger partial charge in [-0.1, -0.05) is 66.2 Å². The smallest absolute Gasteiger partial charge is 0.239 e. The monoisotopic (exact) mass is 437 g/mol. The van der Waals surface area contributed by atoms with E-state index in [4.69, 9.17) is 0 Å². The standard InChI is InChI=1S/C29H31N3O/c1-21-9-11-22(12-10-21)25-14-13-24-15-18-32(28(24)19-25)20-29(33)31-17-16-30-27-8-4-6-23-5-2-3-7-26(23)27/h2-3,5,7,9-15,18-19,27,30H,4,6,8,16-17,20H2,1H3,(H,31,33). The summed E-state index contributed by atoms with van der Waals surface area (Å²) in [7, 11) is 0. The third kappa shape index (κ3) is 4.86. The third-order valence-electron chi connectivity index (χ3n) is 6.68. The van der Waals surface area contributed by atoms with Crippen LogP contribution in [0, 0.1) is 6.92 Å². The van der Waals surface area contributed by atoms with E-state index in [1.165, 1.54) is 40.7 Å². The zero-order chi connectivity index (χ0) is 22.6. The molecule has 0 spiro atoms. The highest BCUT2D eigenvalue weighted by Crippen LogP contribution is 2.29. The van der Waals surface area contributed by atoms with Gasteiger partial charge in [-0.3, -0.25) is 4.79 Å². The molecule has 5 rings (SSSR count). The van der Waals surface area contributed by atoms with Crippen molar-refractivity contribution in [2.75, 3.05) is 13.1 Å². The van der Waals surface area contributed by atoms with Crippen LogP contribution in [0.1, 0.15) is 35.6 Å². The van der Waals surface area contributed by atoms with Gasteiger partial charge in [0.1, 0.15) is 6.54 Å². The van der Waals surface area contributed by atoms with Gasteiger partial charge in [-0.25, -0.2) is 0 Å². The fourth-order valence-corrected chi connectivity index (χ4v) is 4.87. The van der Waals surface area contributed by atoms with Crippen molar-refractivity contribution in [1.29, 1.82) is 0 Å². The lowest BCUT2D eigenvalue weighted by molar-refractivity contribution is -0.121. The molecule has 1 unspecified atom stereocenters. The molecule has 1 heterocycles. The fourth-order valence-electron chi connectivity index (χ4n) is 4.87. The first-order chi connectivity index (χ1) is 16.2. The summed E-state index contributed by atoms with van der Waals surface area (Å²) in [5, 5.41) is 7.86. The molecule has 1 amide bonds. The van der Waals surface area contributed by atoms with Crippen LogP contribution >= 0.6 is 0 Å². The van der Waals surface area contributed by atoms with E-state index in [1.54, 1.807) is 0 Å². The van der Waals surface area contributed by atoms with E-state index >= 15 is 0 Å². The summed E-state index contributed by atoms with van der Waals surface area (Å²) in [5.41, 5.74) is 7.56. The van der Waals surface area contributed by atoms with Crippen molar-refractivity contribution in [2.45, 2.75) is 38.8 Å². The van der Waals surface area contributed by atoms with E-state index < -0.39 is 0 Å². The highest BCUT2D eigenvalue weighted by Gasteiger charge is 2.18. The highest BCUT2D eigenvalue weighted by atomic mass is 16.1. The van der Waals surface area contributed by atoms with Crippen LogP contribution in [-0.4, -0.2) is 23.6 Å². The van der Waals surface area contributed by atoms with Gasteiger partial charge < -0.3 is 15.2 Å². The summed E-state index contributed by atoms with van der Waals surface area (Å²) >= 11 is 0. The molecule has 33 heavy (non-hydrogen) atoms. The molecular weight excluding hydrogens is 406 g/mol. The molecule has 4 nitrogen and oxygen atoms in total. The number of hydrogen-bond donors (Lipinski definition) is 2. The van der Waals surface area contributed by atoms with Crippen LogP contribution in [0.3, 0.4) is 0 Å². The van der Waals surface area contributed by atoms with Crippen molar-refractivity contribution in [3.63, 3.8) is 0 Å². The Bertz CT molecular complexity index is 1260. The van der Waals surface area contributed by atoms with E-state index in [0.717, 1.165) is 23.9 Å². The molecular formula is C29H31N3O. The minimum absolute atomic E-state index is 0.0408. The maximum absolute atomic E-state index is 12.6. The molecule has 0 aliphatic heterocycles. The summed E-state index contributed by atoms with van der Waals surface area (Å²) in [4.78, 5) is 12.6. The lowest BCUT2D eigenvalue weighted by Crippen LogP contribution is -2.36. The van der Waals surface area contributed by atoms with Crippen LogP contribution in [0.2, 0.25) is 0 Å². The first kappa shape index (κ1) is 21.5. The number of fused-ring (bicyclic) bond motifs is 2. The summed E-state index contributed by atoms with van der Waals surface area (Å²) in [6.07, 6.45) is 5.54. The minimum atomic E-state index is 0.0408. The molecule has 168 valence electrons. The largest absolute Gasteiger partial charge is 0.353 e. The molecule has 1 aliphatic rings. The predicted octanol–water partition coefficient (Wildman–Crippen LogP) is 5.40. The molecule has 0 saturated carbocycles. The Labute approximate surface area is 195 Å². The molecule has 3 aromatic carbocycles. The number of amides is 1. The molecule has 0 fully saturated rings. The number of aryl methyl sites for hydroxylation is 2. The molecule has 4 aromatic rings. The Morgan fingerprint density at radius 3 is 2.67 bits per heavy atom.